The summed E-state index contributed by atoms with van der Waals surface area (Å²) < 4.78 is 12.7. The molecule has 0 radical (unpaired) electrons. The van der Waals surface area contributed by atoms with Gasteiger partial charge in [0.25, 0.3) is 5.91 Å². The van der Waals surface area contributed by atoms with E-state index in [1.807, 2.05) is 13.8 Å². The Balaban J connectivity index is 2.48. The van der Waals surface area contributed by atoms with Crippen LogP contribution in [0, 0.1) is 5.95 Å². The van der Waals surface area contributed by atoms with Crippen LogP contribution in [-0.4, -0.2) is 29.4 Å². The fraction of sp³-hybridized carbons (Fsp3) is 0.364. The minimum absolute atomic E-state index is 0.0118. The summed E-state index contributed by atoms with van der Waals surface area (Å²) in [7, 11) is 0. The maximum absolute atomic E-state index is 12.7. The summed E-state index contributed by atoms with van der Waals surface area (Å²) >= 11 is 0. The Morgan fingerprint density at radius 1 is 1.47 bits per heavy atom. The topological polar surface area (TPSA) is 71.1 Å². The van der Waals surface area contributed by atoms with Crippen LogP contribution in [-0.2, 0) is 4.79 Å². The van der Waals surface area contributed by atoms with Crippen molar-refractivity contribution in [1.29, 1.82) is 0 Å². The van der Waals surface area contributed by atoms with Crippen molar-refractivity contribution < 1.29 is 14.0 Å². The van der Waals surface area contributed by atoms with E-state index in [0.29, 0.717) is 0 Å². The number of pyridine rings is 1. The van der Waals surface area contributed by atoms with E-state index in [1.54, 1.807) is 0 Å². The molecule has 92 valence electrons. The average molecular weight is 239 g/mol. The summed E-state index contributed by atoms with van der Waals surface area (Å²) in [5, 5.41) is 5.01. The van der Waals surface area contributed by atoms with Gasteiger partial charge in [0.2, 0.25) is 11.9 Å². The van der Waals surface area contributed by atoms with Crippen LogP contribution in [0.15, 0.2) is 18.3 Å². The van der Waals surface area contributed by atoms with Gasteiger partial charge >= 0.3 is 0 Å². The van der Waals surface area contributed by atoms with Gasteiger partial charge in [0.05, 0.1) is 6.54 Å². The molecule has 0 bridgehead atoms. The molecule has 1 rings (SSSR count). The Labute approximate surface area is 98.4 Å². The van der Waals surface area contributed by atoms with Crippen LogP contribution in [0.5, 0.6) is 0 Å². The number of carbonyl (C=O) groups excluding carboxylic acids is 2. The molecule has 0 saturated carbocycles. The predicted octanol–water partition coefficient (Wildman–Crippen LogP) is 0.475. The minimum Gasteiger partial charge on any atom is -0.352 e. The lowest BCUT2D eigenvalue weighted by Gasteiger charge is -2.09. The third-order valence-electron chi connectivity index (χ3n) is 1.85. The smallest absolute Gasteiger partial charge is 0.251 e. The van der Waals surface area contributed by atoms with Crippen LogP contribution >= 0.6 is 0 Å². The van der Waals surface area contributed by atoms with Gasteiger partial charge in [0, 0.05) is 23.9 Å². The first-order valence-electron chi connectivity index (χ1n) is 5.18. The van der Waals surface area contributed by atoms with E-state index < -0.39 is 11.9 Å². The molecule has 0 spiro atoms. The van der Waals surface area contributed by atoms with Gasteiger partial charge in [0.1, 0.15) is 0 Å². The lowest BCUT2D eigenvalue weighted by atomic mass is 10.2. The highest BCUT2D eigenvalue weighted by atomic mass is 19.1. The van der Waals surface area contributed by atoms with Crippen LogP contribution in [0.2, 0.25) is 0 Å². The largest absolute Gasteiger partial charge is 0.352 e. The molecular formula is C11H14FN3O2. The zero-order chi connectivity index (χ0) is 12.8. The molecular weight excluding hydrogens is 225 g/mol. The molecule has 0 aromatic carbocycles. The number of amides is 2. The summed E-state index contributed by atoms with van der Waals surface area (Å²) in [4.78, 5) is 26.1. The van der Waals surface area contributed by atoms with E-state index in [1.165, 1.54) is 12.3 Å². The average Bonchev–Trinajstić information content (AvgIpc) is 2.25. The van der Waals surface area contributed by atoms with Crippen LogP contribution in [0.3, 0.4) is 0 Å². The highest BCUT2D eigenvalue weighted by molar-refractivity contribution is 5.96. The van der Waals surface area contributed by atoms with Crippen LogP contribution in [0.25, 0.3) is 0 Å². The lowest BCUT2D eigenvalue weighted by molar-refractivity contribution is -0.120. The normalized spacial score (nSPS) is 10.1. The van der Waals surface area contributed by atoms with Crippen molar-refractivity contribution in [3.8, 4) is 0 Å². The fourth-order valence-electron chi connectivity index (χ4n) is 1.18. The zero-order valence-corrected chi connectivity index (χ0v) is 9.66. The Bertz CT molecular complexity index is 421. The first-order valence-corrected chi connectivity index (χ1v) is 5.18. The Kier molecular flexibility index (Phi) is 4.56. The summed E-state index contributed by atoms with van der Waals surface area (Å²) in [6, 6.07) is 2.40. The van der Waals surface area contributed by atoms with Crippen LogP contribution < -0.4 is 10.6 Å². The zero-order valence-electron chi connectivity index (χ0n) is 9.66. The highest BCUT2D eigenvalue weighted by Crippen LogP contribution is 1.99. The van der Waals surface area contributed by atoms with Gasteiger partial charge in [-0.15, -0.1) is 0 Å². The van der Waals surface area contributed by atoms with Crippen molar-refractivity contribution in [2.45, 2.75) is 19.9 Å². The summed E-state index contributed by atoms with van der Waals surface area (Å²) in [6.07, 6.45) is 1.19. The van der Waals surface area contributed by atoms with Gasteiger partial charge in [-0.2, -0.15) is 4.39 Å². The molecule has 0 unspecified atom stereocenters. The van der Waals surface area contributed by atoms with Crippen LogP contribution in [0.1, 0.15) is 24.2 Å². The molecule has 1 aromatic rings. The quantitative estimate of drug-likeness (QED) is 0.750. The second-order valence-electron chi connectivity index (χ2n) is 3.77. The standard InChI is InChI=1S/C11H14FN3O2/c1-7(2)15-10(16)6-14-11(17)8-3-4-13-9(12)5-8/h3-5,7H,6H2,1-2H3,(H,14,17)(H,15,16). The molecule has 17 heavy (non-hydrogen) atoms. The molecule has 5 nitrogen and oxygen atoms in total. The van der Waals surface area contributed by atoms with E-state index in [0.717, 1.165) is 6.07 Å². The SMILES string of the molecule is CC(C)NC(=O)CNC(=O)c1ccnc(F)c1. The number of carbonyl (C=O) groups is 2. The number of halogens is 1. The van der Waals surface area contributed by atoms with Crippen molar-refractivity contribution in [3.05, 3.63) is 29.8 Å². The maximum atomic E-state index is 12.7. The number of rotatable bonds is 4. The van der Waals surface area contributed by atoms with Crippen molar-refractivity contribution in [2.75, 3.05) is 6.54 Å². The summed E-state index contributed by atoms with van der Waals surface area (Å²) in [6.45, 7) is 3.50. The molecule has 0 atom stereocenters. The van der Waals surface area contributed by atoms with E-state index in [2.05, 4.69) is 15.6 Å². The molecule has 0 aliphatic carbocycles. The van der Waals surface area contributed by atoms with E-state index in [9.17, 15) is 14.0 Å². The number of nitrogens with zero attached hydrogens (tertiary/aromatic N) is 1. The third-order valence-corrected chi connectivity index (χ3v) is 1.85. The van der Waals surface area contributed by atoms with Crippen molar-refractivity contribution >= 4 is 11.8 Å². The van der Waals surface area contributed by atoms with Gasteiger partial charge in [-0.3, -0.25) is 9.59 Å². The molecule has 0 aliphatic heterocycles. The van der Waals surface area contributed by atoms with E-state index >= 15 is 0 Å². The maximum Gasteiger partial charge on any atom is 0.251 e. The monoisotopic (exact) mass is 239 g/mol. The second-order valence-corrected chi connectivity index (χ2v) is 3.77. The molecule has 6 heteroatoms. The van der Waals surface area contributed by atoms with E-state index in [-0.39, 0.29) is 24.1 Å². The Morgan fingerprint density at radius 3 is 2.76 bits per heavy atom. The lowest BCUT2D eigenvalue weighted by Crippen LogP contribution is -2.39. The van der Waals surface area contributed by atoms with Gasteiger partial charge < -0.3 is 10.6 Å². The number of hydrogen-bond acceptors (Lipinski definition) is 3. The minimum atomic E-state index is -0.732. The van der Waals surface area contributed by atoms with Crippen molar-refractivity contribution in [2.24, 2.45) is 0 Å². The van der Waals surface area contributed by atoms with Gasteiger partial charge in [-0.25, -0.2) is 4.98 Å². The first-order chi connectivity index (χ1) is 7.99. The third kappa shape index (κ3) is 4.58. The van der Waals surface area contributed by atoms with Crippen LogP contribution in [0.4, 0.5) is 4.39 Å². The Hall–Kier alpha value is -1.98. The number of nitrogens with one attached hydrogen (secondary N) is 2. The molecule has 0 saturated heterocycles. The number of hydrogen-bond donors (Lipinski definition) is 2. The van der Waals surface area contributed by atoms with Crippen molar-refractivity contribution in [3.63, 3.8) is 0 Å². The summed E-state index contributed by atoms with van der Waals surface area (Å²) in [5.74, 6) is -1.53. The second kappa shape index (κ2) is 5.93. The summed E-state index contributed by atoms with van der Waals surface area (Å²) in [5.41, 5.74) is 0.134. The Morgan fingerprint density at radius 2 is 2.18 bits per heavy atom. The molecule has 0 aliphatic rings. The van der Waals surface area contributed by atoms with Gasteiger partial charge in [-0.1, -0.05) is 0 Å². The molecule has 2 N–H and O–H groups in total. The predicted molar refractivity (Wildman–Crippen MR) is 59.8 cm³/mol. The first kappa shape index (κ1) is 13.1. The molecule has 0 fully saturated rings. The fourth-order valence-corrected chi connectivity index (χ4v) is 1.18. The van der Waals surface area contributed by atoms with Gasteiger partial charge in [0.15, 0.2) is 0 Å². The molecule has 1 heterocycles. The van der Waals surface area contributed by atoms with Gasteiger partial charge in [-0.05, 0) is 19.9 Å². The number of aromatic nitrogens is 1. The molecule has 1 aromatic heterocycles. The highest BCUT2D eigenvalue weighted by Gasteiger charge is 2.09. The molecule has 2 amide bonds. The van der Waals surface area contributed by atoms with Crippen molar-refractivity contribution in [1.82, 2.24) is 15.6 Å². The van der Waals surface area contributed by atoms with E-state index in [4.69, 9.17) is 0 Å².